The van der Waals surface area contributed by atoms with Crippen molar-refractivity contribution in [2.75, 3.05) is 27.3 Å². The number of fused-ring (bicyclic) bond motifs is 1. The van der Waals surface area contributed by atoms with Crippen molar-refractivity contribution in [3.8, 4) is 11.5 Å². The Morgan fingerprint density at radius 2 is 2.29 bits per heavy atom. The Morgan fingerprint density at radius 1 is 1.43 bits per heavy atom. The van der Waals surface area contributed by atoms with Crippen molar-refractivity contribution < 1.29 is 9.47 Å². The zero-order chi connectivity index (χ0) is 9.97. The highest BCUT2D eigenvalue weighted by Crippen LogP contribution is 2.32. The maximum absolute atomic E-state index is 5.67. The average molecular weight is 193 g/mol. The van der Waals surface area contributed by atoms with Crippen LogP contribution in [0.5, 0.6) is 11.5 Å². The molecule has 0 atom stereocenters. The van der Waals surface area contributed by atoms with Gasteiger partial charge in [0.25, 0.3) is 0 Å². The summed E-state index contributed by atoms with van der Waals surface area (Å²) in [5.41, 5.74) is 1.20. The topological polar surface area (TPSA) is 21.7 Å². The minimum atomic E-state index is 0.726. The highest BCUT2D eigenvalue weighted by Gasteiger charge is 2.15. The van der Waals surface area contributed by atoms with Gasteiger partial charge in [0, 0.05) is 18.7 Å². The molecule has 0 aromatic heterocycles. The summed E-state index contributed by atoms with van der Waals surface area (Å²) in [7, 11) is 3.77. The van der Waals surface area contributed by atoms with E-state index in [0.29, 0.717) is 0 Å². The highest BCUT2D eigenvalue weighted by atomic mass is 16.5. The molecule has 0 radical (unpaired) electrons. The van der Waals surface area contributed by atoms with Crippen molar-refractivity contribution in [1.82, 2.24) is 4.90 Å². The molecule has 14 heavy (non-hydrogen) atoms. The molecule has 3 nitrogen and oxygen atoms in total. The number of rotatable bonds is 1. The number of nitrogens with zero attached hydrogens (tertiary/aromatic N) is 1. The maximum Gasteiger partial charge on any atom is 0.165 e. The molecule has 1 heterocycles. The fourth-order valence-corrected chi connectivity index (χ4v) is 1.68. The van der Waals surface area contributed by atoms with E-state index in [2.05, 4.69) is 18.0 Å². The molecule has 0 aliphatic carbocycles. The van der Waals surface area contributed by atoms with Gasteiger partial charge in [-0.3, -0.25) is 4.90 Å². The summed E-state index contributed by atoms with van der Waals surface area (Å²) >= 11 is 0. The number of hydrogen-bond acceptors (Lipinski definition) is 3. The quantitative estimate of drug-likeness (QED) is 0.675. The van der Waals surface area contributed by atoms with Crippen molar-refractivity contribution in [2.45, 2.75) is 6.54 Å². The van der Waals surface area contributed by atoms with Crippen molar-refractivity contribution >= 4 is 0 Å². The molecule has 0 saturated heterocycles. The van der Waals surface area contributed by atoms with Crippen LogP contribution in [-0.2, 0) is 6.54 Å². The minimum Gasteiger partial charge on any atom is -0.493 e. The van der Waals surface area contributed by atoms with E-state index in [9.17, 15) is 0 Å². The van der Waals surface area contributed by atoms with Crippen molar-refractivity contribution in [1.29, 1.82) is 0 Å². The van der Waals surface area contributed by atoms with E-state index in [1.54, 1.807) is 7.11 Å². The van der Waals surface area contributed by atoms with Gasteiger partial charge < -0.3 is 9.47 Å². The van der Waals surface area contributed by atoms with E-state index in [1.165, 1.54) is 5.56 Å². The van der Waals surface area contributed by atoms with Gasteiger partial charge in [-0.15, -0.1) is 0 Å². The zero-order valence-corrected chi connectivity index (χ0v) is 8.62. The first kappa shape index (κ1) is 9.34. The lowest BCUT2D eigenvalue weighted by Crippen LogP contribution is -2.20. The number of methoxy groups -OCH3 is 1. The lowest BCUT2D eigenvalue weighted by molar-refractivity contribution is 0.252. The Hall–Kier alpha value is -1.22. The molecule has 0 N–H and O–H groups in total. The molecule has 3 heteroatoms. The zero-order valence-electron chi connectivity index (χ0n) is 8.62. The largest absolute Gasteiger partial charge is 0.493 e. The number of para-hydroxylation sites is 1. The van der Waals surface area contributed by atoms with E-state index >= 15 is 0 Å². The van der Waals surface area contributed by atoms with Gasteiger partial charge in [-0.25, -0.2) is 0 Å². The first-order valence-electron chi connectivity index (χ1n) is 4.78. The Morgan fingerprint density at radius 3 is 3.07 bits per heavy atom. The molecule has 1 aromatic rings. The fourth-order valence-electron chi connectivity index (χ4n) is 1.68. The molecule has 0 saturated carbocycles. The third kappa shape index (κ3) is 1.68. The third-order valence-corrected chi connectivity index (χ3v) is 2.44. The first-order chi connectivity index (χ1) is 6.81. The van der Waals surface area contributed by atoms with Gasteiger partial charge in [-0.1, -0.05) is 12.1 Å². The SMILES string of the molecule is COc1cccc2c1OCCN(C)C2. The molecule has 0 spiro atoms. The molecule has 1 aliphatic heterocycles. The molecule has 1 aliphatic rings. The second-order valence-corrected chi connectivity index (χ2v) is 3.53. The predicted molar refractivity (Wildman–Crippen MR) is 54.8 cm³/mol. The molecule has 0 fully saturated rings. The summed E-state index contributed by atoms with van der Waals surface area (Å²) in [6.45, 7) is 2.61. The van der Waals surface area contributed by atoms with E-state index in [-0.39, 0.29) is 0 Å². The van der Waals surface area contributed by atoms with Gasteiger partial charge in [-0.2, -0.15) is 0 Å². The van der Waals surface area contributed by atoms with Crippen LogP contribution in [0.4, 0.5) is 0 Å². The van der Waals surface area contributed by atoms with Gasteiger partial charge in [0.1, 0.15) is 6.61 Å². The smallest absolute Gasteiger partial charge is 0.165 e. The van der Waals surface area contributed by atoms with Gasteiger partial charge in [0.2, 0.25) is 0 Å². The highest BCUT2D eigenvalue weighted by molar-refractivity contribution is 5.46. The van der Waals surface area contributed by atoms with Crippen LogP contribution in [0, 0.1) is 0 Å². The second kappa shape index (κ2) is 3.88. The molecule has 0 unspecified atom stereocenters. The Labute approximate surface area is 84.2 Å². The van der Waals surface area contributed by atoms with E-state index in [4.69, 9.17) is 9.47 Å². The summed E-state index contributed by atoms with van der Waals surface area (Å²) in [5, 5.41) is 0. The number of likely N-dealkylation sites (N-methyl/N-ethyl adjacent to an activating group) is 1. The fraction of sp³-hybridized carbons (Fsp3) is 0.455. The maximum atomic E-state index is 5.67. The summed E-state index contributed by atoms with van der Waals surface area (Å²) in [6, 6.07) is 6.02. The van der Waals surface area contributed by atoms with Gasteiger partial charge in [0.05, 0.1) is 7.11 Å². The van der Waals surface area contributed by atoms with Crippen LogP contribution in [0.25, 0.3) is 0 Å². The molecular weight excluding hydrogens is 178 g/mol. The van der Waals surface area contributed by atoms with Gasteiger partial charge in [0.15, 0.2) is 11.5 Å². The Kier molecular flexibility index (Phi) is 2.59. The van der Waals surface area contributed by atoms with Crippen LogP contribution in [0.3, 0.4) is 0 Å². The van der Waals surface area contributed by atoms with E-state index in [1.807, 2.05) is 12.1 Å². The normalized spacial score (nSPS) is 16.7. The monoisotopic (exact) mass is 193 g/mol. The average Bonchev–Trinajstić information content (AvgIpc) is 2.37. The summed E-state index contributed by atoms with van der Waals surface area (Å²) in [6.07, 6.45) is 0. The van der Waals surface area contributed by atoms with Crippen molar-refractivity contribution in [3.63, 3.8) is 0 Å². The molecule has 0 amide bonds. The van der Waals surface area contributed by atoms with Crippen molar-refractivity contribution in [3.05, 3.63) is 23.8 Å². The van der Waals surface area contributed by atoms with E-state index < -0.39 is 0 Å². The molecule has 76 valence electrons. The van der Waals surface area contributed by atoms with E-state index in [0.717, 1.165) is 31.2 Å². The Balaban J connectivity index is 2.38. The third-order valence-electron chi connectivity index (χ3n) is 2.44. The summed E-state index contributed by atoms with van der Waals surface area (Å²) in [5.74, 6) is 1.73. The number of hydrogen-bond donors (Lipinski definition) is 0. The standard InChI is InChI=1S/C11H15NO2/c1-12-6-7-14-11-9(8-12)4-3-5-10(11)13-2/h3-5H,6-8H2,1-2H3. The van der Waals surface area contributed by atoms with Gasteiger partial charge >= 0.3 is 0 Å². The summed E-state index contributed by atoms with van der Waals surface area (Å²) in [4.78, 5) is 2.24. The minimum absolute atomic E-state index is 0.726. The van der Waals surface area contributed by atoms with Crippen LogP contribution < -0.4 is 9.47 Å². The summed E-state index contributed by atoms with van der Waals surface area (Å²) < 4.78 is 10.9. The molecular formula is C11H15NO2. The van der Waals surface area contributed by atoms with Crippen LogP contribution in [0.2, 0.25) is 0 Å². The van der Waals surface area contributed by atoms with Crippen LogP contribution >= 0.6 is 0 Å². The number of benzene rings is 1. The first-order valence-corrected chi connectivity index (χ1v) is 4.78. The molecule has 1 aromatic carbocycles. The molecule has 0 bridgehead atoms. The predicted octanol–water partition coefficient (Wildman–Crippen LogP) is 1.52. The molecule has 2 rings (SSSR count). The lowest BCUT2D eigenvalue weighted by atomic mass is 10.2. The van der Waals surface area contributed by atoms with Crippen LogP contribution in [0.15, 0.2) is 18.2 Å². The lowest BCUT2D eigenvalue weighted by Gasteiger charge is -2.12. The van der Waals surface area contributed by atoms with Crippen LogP contribution in [-0.4, -0.2) is 32.2 Å². The van der Waals surface area contributed by atoms with Gasteiger partial charge in [-0.05, 0) is 13.1 Å². The van der Waals surface area contributed by atoms with Crippen molar-refractivity contribution in [2.24, 2.45) is 0 Å². The van der Waals surface area contributed by atoms with Crippen LogP contribution in [0.1, 0.15) is 5.56 Å². The Bertz CT molecular complexity index is 325. The number of ether oxygens (including phenoxy) is 2. The second-order valence-electron chi connectivity index (χ2n) is 3.53.